The summed E-state index contributed by atoms with van der Waals surface area (Å²) in [6.07, 6.45) is 6.24. The van der Waals surface area contributed by atoms with Crippen LogP contribution in [0.1, 0.15) is 27.9 Å². The number of nitrogens with zero attached hydrogens (tertiary/aromatic N) is 3. The van der Waals surface area contributed by atoms with Gasteiger partial charge < -0.3 is 14.6 Å². The lowest BCUT2D eigenvalue weighted by Crippen LogP contribution is -2.43. The molecule has 2 aromatic heterocycles. The molecule has 1 unspecified atom stereocenters. The number of hydrogen-bond donors (Lipinski definition) is 1. The van der Waals surface area contributed by atoms with E-state index < -0.39 is 43.3 Å². The number of rotatable bonds is 5. The lowest BCUT2D eigenvalue weighted by molar-refractivity contribution is -0.131. The van der Waals surface area contributed by atoms with Crippen molar-refractivity contribution >= 4 is 45.8 Å². The highest BCUT2D eigenvalue weighted by atomic mass is 19.3. The SMILES string of the molecule is N#CC1CC(F)(F)CN1C(=O)CNC(=O)c1ccnc2ccc(C=Cc3ccc4ccoc4c3)cc12. The normalized spacial score (nSPS) is 17.0. The third kappa shape index (κ3) is 4.66. The first-order valence-corrected chi connectivity index (χ1v) is 11.2. The molecule has 2 aromatic carbocycles. The molecule has 7 nitrogen and oxygen atoms in total. The summed E-state index contributed by atoms with van der Waals surface area (Å²) >= 11 is 0. The minimum Gasteiger partial charge on any atom is -0.464 e. The number of pyridine rings is 1. The monoisotopic (exact) mass is 486 g/mol. The fourth-order valence-electron chi connectivity index (χ4n) is 4.28. The summed E-state index contributed by atoms with van der Waals surface area (Å²) in [5.41, 5.74) is 3.45. The first-order chi connectivity index (χ1) is 17.3. The van der Waals surface area contributed by atoms with E-state index in [0.29, 0.717) is 16.5 Å². The second-order valence-electron chi connectivity index (χ2n) is 8.60. The van der Waals surface area contributed by atoms with Gasteiger partial charge in [-0.3, -0.25) is 14.6 Å². The average molecular weight is 486 g/mol. The van der Waals surface area contributed by atoms with Gasteiger partial charge in [-0.25, -0.2) is 8.78 Å². The Morgan fingerprint density at radius 3 is 2.75 bits per heavy atom. The third-order valence-corrected chi connectivity index (χ3v) is 6.10. The molecule has 1 saturated heterocycles. The lowest BCUT2D eigenvalue weighted by atomic mass is 10.0. The average Bonchev–Trinajstić information content (AvgIpc) is 3.48. The van der Waals surface area contributed by atoms with Crippen molar-refractivity contribution in [2.75, 3.05) is 13.1 Å². The Hall–Kier alpha value is -4.58. The number of fused-ring (bicyclic) bond motifs is 2. The molecule has 1 fully saturated rings. The summed E-state index contributed by atoms with van der Waals surface area (Å²) < 4.78 is 32.7. The van der Waals surface area contributed by atoms with Gasteiger partial charge in [0.1, 0.15) is 11.6 Å². The molecule has 0 aliphatic carbocycles. The Morgan fingerprint density at radius 2 is 1.94 bits per heavy atom. The van der Waals surface area contributed by atoms with Crippen LogP contribution in [0.4, 0.5) is 8.78 Å². The highest BCUT2D eigenvalue weighted by Gasteiger charge is 2.47. The quantitative estimate of drug-likeness (QED) is 0.415. The zero-order valence-electron chi connectivity index (χ0n) is 18.9. The number of hydrogen-bond acceptors (Lipinski definition) is 5. The maximum absolute atomic E-state index is 13.6. The van der Waals surface area contributed by atoms with E-state index in [0.717, 1.165) is 27.0 Å². The van der Waals surface area contributed by atoms with Gasteiger partial charge in [0.2, 0.25) is 5.91 Å². The van der Waals surface area contributed by atoms with Gasteiger partial charge in [-0.15, -0.1) is 0 Å². The van der Waals surface area contributed by atoms with E-state index in [9.17, 15) is 18.4 Å². The summed E-state index contributed by atoms with van der Waals surface area (Å²) in [4.78, 5) is 30.4. The summed E-state index contributed by atoms with van der Waals surface area (Å²) in [5, 5.41) is 13.2. The van der Waals surface area contributed by atoms with Crippen LogP contribution >= 0.6 is 0 Å². The number of likely N-dealkylation sites (tertiary alicyclic amines) is 1. The molecule has 180 valence electrons. The molecular formula is C27H20F2N4O3. The minimum atomic E-state index is -3.12. The molecule has 1 aliphatic rings. The van der Waals surface area contributed by atoms with Crippen LogP contribution in [0.2, 0.25) is 0 Å². The van der Waals surface area contributed by atoms with E-state index in [1.165, 1.54) is 12.3 Å². The van der Waals surface area contributed by atoms with Crippen molar-refractivity contribution in [2.24, 2.45) is 0 Å². The summed E-state index contributed by atoms with van der Waals surface area (Å²) in [7, 11) is 0. The minimum absolute atomic E-state index is 0.295. The number of amides is 2. The first kappa shape index (κ1) is 23.2. The Bertz CT molecular complexity index is 1550. The zero-order valence-corrected chi connectivity index (χ0v) is 18.9. The predicted molar refractivity (Wildman–Crippen MR) is 130 cm³/mol. The Labute approximate surface area is 204 Å². The van der Waals surface area contributed by atoms with Crippen LogP contribution in [0.5, 0.6) is 0 Å². The molecule has 0 saturated carbocycles. The van der Waals surface area contributed by atoms with E-state index >= 15 is 0 Å². The number of furan rings is 1. The summed E-state index contributed by atoms with van der Waals surface area (Å²) in [6, 6.07) is 15.3. The molecule has 36 heavy (non-hydrogen) atoms. The Kier molecular flexibility index (Phi) is 5.94. The molecular weight excluding hydrogens is 466 g/mol. The fraction of sp³-hybridized carbons (Fsp3) is 0.185. The first-order valence-electron chi connectivity index (χ1n) is 11.2. The van der Waals surface area contributed by atoms with Crippen molar-refractivity contribution in [1.29, 1.82) is 5.26 Å². The fourth-order valence-corrected chi connectivity index (χ4v) is 4.28. The van der Waals surface area contributed by atoms with Crippen LogP contribution in [-0.4, -0.2) is 46.8 Å². The second kappa shape index (κ2) is 9.23. The highest BCUT2D eigenvalue weighted by molar-refractivity contribution is 6.07. The Morgan fingerprint density at radius 1 is 1.17 bits per heavy atom. The van der Waals surface area contributed by atoms with E-state index in [2.05, 4.69) is 10.3 Å². The predicted octanol–water partition coefficient (Wildman–Crippen LogP) is 4.64. The van der Waals surface area contributed by atoms with Gasteiger partial charge in [0.25, 0.3) is 11.8 Å². The number of nitrogens with one attached hydrogen (secondary N) is 1. The van der Waals surface area contributed by atoms with E-state index in [-0.39, 0.29) is 0 Å². The molecule has 0 radical (unpaired) electrons. The number of aromatic nitrogens is 1. The van der Waals surface area contributed by atoms with Crippen LogP contribution in [0, 0.1) is 11.3 Å². The summed E-state index contributed by atoms with van der Waals surface area (Å²) in [6.45, 7) is -1.33. The topological polar surface area (TPSA) is 99.2 Å². The van der Waals surface area contributed by atoms with Crippen molar-refractivity contribution in [3.05, 3.63) is 77.7 Å². The van der Waals surface area contributed by atoms with Gasteiger partial charge in [-0.2, -0.15) is 5.26 Å². The van der Waals surface area contributed by atoms with Crippen LogP contribution in [0.15, 0.2) is 65.4 Å². The van der Waals surface area contributed by atoms with Gasteiger partial charge in [0, 0.05) is 23.4 Å². The van der Waals surface area contributed by atoms with Crippen molar-refractivity contribution in [3.63, 3.8) is 0 Å². The molecule has 3 heterocycles. The number of carbonyl (C=O) groups excluding carboxylic acids is 2. The molecule has 9 heteroatoms. The maximum atomic E-state index is 13.6. The zero-order chi connectivity index (χ0) is 25.3. The standard InChI is InChI=1S/C27H20F2N4O3/c28-27(29)13-20(14-30)33(16-27)25(34)15-32-26(35)21-7-9-31-23-6-4-17(11-22(21)23)1-2-18-3-5-19-8-10-36-24(19)12-18/h1-12,20H,13,15-16H2,(H,32,35). The van der Waals surface area contributed by atoms with Gasteiger partial charge in [-0.1, -0.05) is 30.4 Å². The molecule has 1 atom stereocenters. The largest absolute Gasteiger partial charge is 0.464 e. The molecule has 4 aromatic rings. The van der Waals surface area contributed by atoms with Crippen molar-refractivity contribution in [3.8, 4) is 6.07 Å². The third-order valence-electron chi connectivity index (χ3n) is 6.10. The van der Waals surface area contributed by atoms with Crippen molar-refractivity contribution in [1.82, 2.24) is 15.2 Å². The smallest absolute Gasteiger partial charge is 0.268 e. The van der Waals surface area contributed by atoms with Gasteiger partial charge >= 0.3 is 0 Å². The number of benzene rings is 2. The molecule has 0 bridgehead atoms. The lowest BCUT2D eigenvalue weighted by Gasteiger charge is -2.19. The molecule has 2 amide bonds. The van der Waals surface area contributed by atoms with Crippen LogP contribution in [0.25, 0.3) is 34.0 Å². The number of nitriles is 1. The van der Waals surface area contributed by atoms with E-state index in [1.54, 1.807) is 18.4 Å². The summed E-state index contributed by atoms with van der Waals surface area (Å²) in [5.74, 6) is -4.39. The van der Waals surface area contributed by atoms with Crippen LogP contribution in [-0.2, 0) is 4.79 Å². The van der Waals surface area contributed by atoms with Crippen molar-refractivity contribution < 1.29 is 22.8 Å². The highest BCUT2D eigenvalue weighted by Crippen LogP contribution is 2.31. The molecule has 5 rings (SSSR count). The van der Waals surface area contributed by atoms with E-state index in [4.69, 9.17) is 9.68 Å². The molecule has 1 N–H and O–H groups in total. The number of alkyl halides is 2. The van der Waals surface area contributed by atoms with Gasteiger partial charge in [0.05, 0.1) is 36.5 Å². The van der Waals surface area contributed by atoms with Gasteiger partial charge in [0.15, 0.2) is 0 Å². The van der Waals surface area contributed by atoms with Crippen molar-refractivity contribution in [2.45, 2.75) is 18.4 Å². The van der Waals surface area contributed by atoms with E-state index in [1.807, 2.05) is 48.6 Å². The second-order valence-corrected chi connectivity index (χ2v) is 8.60. The van der Waals surface area contributed by atoms with Gasteiger partial charge in [-0.05, 0) is 41.5 Å². The van der Waals surface area contributed by atoms with Crippen LogP contribution < -0.4 is 5.32 Å². The number of halogens is 2. The Balaban J connectivity index is 1.33. The number of carbonyl (C=O) groups is 2. The maximum Gasteiger partial charge on any atom is 0.268 e. The molecule has 1 aliphatic heterocycles. The molecule has 0 spiro atoms. The van der Waals surface area contributed by atoms with Crippen LogP contribution in [0.3, 0.4) is 0 Å².